The minimum atomic E-state index is -0.388. The molecule has 6 nitrogen and oxygen atoms in total. The van der Waals surface area contributed by atoms with Gasteiger partial charge in [0.2, 0.25) is 0 Å². The highest BCUT2D eigenvalue weighted by Crippen LogP contribution is 2.35. The minimum absolute atomic E-state index is 0.0645. The lowest BCUT2D eigenvalue weighted by Crippen LogP contribution is -2.38. The van der Waals surface area contributed by atoms with E-state index in [2.05, 4.69) is 5.32 Å². The molecule has 3 aromatic rings. The van der Waals surface area contributed by atoms with E-state index >= 15 is 0 Å². The van der Waals surface area contributed by atoms with E-state index in [1.54, 1.807) is 36.4 Å². The van der Waals surface area contributed by atoms with Gasteiger partial charge in [0.15, 0.2) is 13.2 Å². The van der Waals surface area contributed by atoms with E-state index in [0.717, 1.165) is 11.1 Å². The third-order valence-electron chi connectivity index (χ3n) is 5.17. The summed E-state index contributed by atoms with van der Waals surface area (Å²) < 4.78 is 25.3. The van der Waals surface area contributed by atoms with Crippen LogP contribution in [0.5, 0.6) is 11.5 Å². The molecule has 0 aromatic heterocycles. The monoisotopic (exact) mass is 434 g/mol. The van der Waals surface area contributed by atoms with Crippen LogP contribution in [0.4, 0.5) is 15.8 Å². The van der Waals surface area contributed by atoms with Crippen molar-refractivity contribution in [2.45, 2.75) is 20.4 Å². The molecule has 0 saturated heterocycles. The van der Waals surface area contributed by atoms with E-state index in [9.17, 15) is 14.0 Å². The summed E-state index contributed by atoms with van der Waals surface area (Å²) in [4.78, 5) is 26.4. The lowest BCUT2D eigenvalue weighted by molar-refractivity contribution is -0.121. The van der Waals surface area contributed by atoms with Crippen molar-refractivity contribution < 1.29 is 23.5 Å². The summed E-state index contributed by atoms with van der Waals surface area (Å²) in [7, 11) is 0. The number of rotatable bonds is 6. The third-order valence-corrected chi connectivity index (χ3v) is 5.17. The highest BCUT2D eigenvalue weighted by atomic mass is 19.1. The summed E-state index contributed by atoms with van der Waals surface area (Å²) in [6.45, 7) is 3.65. The number of nitrogens with one attached hydrogen (secondary N) is 1. The maximum atomic E-state index is 14.1. The molecule has 0 unspecified atom stereocenters. The van der Waals surface area contributed by atoms with E-state index in [-0.39, 0.29) is 37.4 Å². The number of carbonyl (C=O) groups excluding carboxylic acids is 2. The molecule has 32 heavy (non-hydrogen) atoms. The van der Waals surface area contributed by atoms with Gasteiger partial charge in [0, 0.05) is 11.3 Å². The molecule has 7 heteroatoms. The van der Waals surface area contributed by atoms with Crippen LogP contribution in [-0.2, 0) is 16.1 Å². The molecular weight excluding hydrogens is 411 g/mol. The molecule has 1 aliphatic rings. The first-order valence-corrected chi connectivity index (χ1v) is 10.2. The zero-order valence-corrected chi connectivity index (χ0v) is 17.9. The largest absolute Gasteiger partial charge is 0.483 e. The fraction of sp³-hybridized carbons (Fsp3) is 0.200. The zero-order valence-electron chi connectivity index (χ0n) is 17.9. The maximum Gasteiger partial charge on any atom is 0.265 e. The molecule has 0 bridgehead atoms. The molecule has 1 N–H and O–H groups in total. The number of hydrogen-bond donors (Lipinski definition) is 1. The Hall–Kier alpha value is -3.87. The lowest BCUT2D eigenvalue weighted by atomic mass is 10.1. The first-order valence-electron chi connectivity index (χ1n) is 10.2. The Morgan fingerprint density at radius 3 is 2.75 bits per heavy atom. The number of aryl methyl sites for hydroxylation is 2. The van der Waals surface area contributed by atoms with Crippen molar-refractivity contribution in [3.05, 3.63) is 83.2 Å². The second kappa shape index (κ2) is 9.09. The van der Waals surface area contributed by atoms with E-state index in [1.165, 1.54) is 11.0 Å². The van der Waals surface area contributed by atoms with Gasteiger partial charge >= 0.3 is 0 Å². The summed E-state index contributed by atoms with van der Waals surface area (Å²) in [6.07, 6.45) is 0. The molecule has 1 heterocycles. The van der Waals surface area contributed by atoms with Crippen LogP contribution in [0.15, 0.2) is 60.7 Å². The van der Waals surface area contributed by atoms with E-state index in [0.29, 0.717) is 28.4 Å². The summed E-state index contributed by atoms with van der Waals surface area (Å²) >= 11 is 0. The number of anilines is 2. The third kappa shape index (κ3) is 4.72. The second-order valence-corrected chi connectivity index (χ2v) is 7.65. The van der Waals surface area contributed by atoms with Gasteiger partial charge in [-0.05, 0) is 55.3 Å². The number of fused-ring (bicyclic) bond motifs is 1. The standard InChI is InChI=1S/C25H23FN2O4/c1-16-7-8-17(2)23(11-16)31-14-24(29)27-19-9-10-22-21(12-19)28(25(30)15-32-22)13-18-5-3-4-6-20(18)26/h3-12H,13-15H2,1-2H3,(H,27,29). The van der Waals surface area contributed by atoms with Gasteiger partial charge in [0.25, 0.3) is 11.8 Å². The van der Waals surface area contributed by atoms with Gasteiger partial charge < -0.3 is 19.7 Å². The summed E-state index contributed by atoms with van der Waals surface area (Å²) in [5, 5.41) is 2.78. The molecule has 1 aliphatic heterocycles. The molecule has 0 radical (unpaired) electrons. The van der Waals surface area contributed by atoms with Gasteiger partial charge in [0.1, 0.15) is 17.3 Å². The van der Waals surface area contributed by atoms with Crippen LogP contribution in [-0.4, -0.2) is 25.0 Å². The molecule has 0 aliphatic carbocycles. The van der Waals surface area contributed by atoms with Gasteiger partial charge in [-0.2, -0.15) is 0 Å². The molecule has 2 amide bonds. The Balaban J connectivity index is 1.49. The van der Waals surface area contributed by atoms with Gasteiger partial charge in [-0.15, -0.1) is 0 Å². The maximum absolute atomic E-state index is 14.1. The van der Waals surface area contributed by atoms with Crippen LogP contribution in [0.2, 0.25) is 0 Å². The molecule has 3 aromatic carbocycles. The Bertz CT molecular complexity index is 1180. The van der Waals surface area contributed by atoms with Crippen molar-refractivity contribution in [1.82, 2.24) is 0 Å². The predicted molar refractivity (Wildman–Crippen MR) is 120 cm³/mol. The molecule has 0 fully saturated rings. The van der Waals surface area contributed by atoms with Gasteiger partial charge in [-0.3, -0.25) is 9.59 Å². The molecule has 4 rings (SSSR count). The minimum Gasteiger partial charge on any atom is -0.483 e. The summed E-state index contributed by atoms with van der Waals surface area (Å²) in [5.41, 5.74) is 3.33. The number of nitrogens with zero attached hydrogens (tertiary/aromatic N) is 1. The first kappa shape index (κ1) is 21.4. The number of benzene rings is 3. The molecule has 164 valence electrons. The van der Waals surface area contributed by atoms with Crippen LogP contribution in [0.3, 0.4) is 0 Å². The normalized spacial score (nSPS) is 12.7. The highest BCUT2D eigenvalue weighted by Gasteiger charge is 2.27. The molecule has 0 saturated carbocycles. The van der Waals surface area contributed by atoms with E-state index in [1.807, 2.05) is 32.0 Å². The Labute approximate surface area is 185 Å². The Morgan fingerprint density at radius 2 is 1.94 bits per heavy atom. The first-order chi connectivity index (χ1) is 15.4. The van der Waals surface area contributed by atoms with Crippen molar-refractivity contribution >= 4 is 23.2 Å². The number of amides is 2. The van der Waals surface area contributed by atoms with Crippen LogP contribution >= 0.6 is 0 Å². The van der Waals surface area contributed by atoms with Crippen molar-refractivity contribution in [2.75, 3.05) is 23.4 Å². The zero-order chi connectivity index (χ0) is 22.7. The molecular formula is C25H23FN2O4. The number of halogens is 1. The fourth-order valence-electron chi connectivity index (χ4n) is 3.45. The van der Waals surface area contributed by atoms with Crippen molar-refractivity contribution in [3.63, 3.8) is 0 Å². The molecule has 0 atom stereocenters. The number of hydrogen-bond acceptors (Lipinski definition) is 4. The Kier molecular flexibility index (Phi) is 6.07. The predicted octanol–water partition coefficient (Wildman–Crippen LogP) is 4.39. The van der Waals surface area contributed by atoms with Crippen LogP contribution in [0.1, 0.15) is 16.7 Å². The quantitative estimate of drug-likeness (QED) is 0.625. The smallest absolute Gasteiger partial charge is 0.265 e. The van der Waals surface area contributed by atoms with Gasteiger partial charge in [-0.25, -0.2) is 4.39 Å². The van der Waals surface area contributed by atoms with Crippen LogP contribution in [0.25, 0.3) is 0 Å². The van der Waals surface area contributed by atoms with Gasteiger partial charge in [0.05, 0.1) is 12.2 Å². The average molecular weight is 434 g/mol. The van der Waals surface area contributed by atoms with E-state index in [4.69, 9.17) is 9.47 Å². The second-order valence-electron chi connectivity index (χ2n) is 7.65. The van der Waals surface area contributed by atoms with E-state index < -0.39 is 0 Å². The lowest BCUT2D eigenvalue weighted by Gasteiger charge is -2.30. The van der Waals surface area contributed by atoms with Crippen LogP contribution in [0, 0.1) is 19.7 Å². The number of carbonyl (C=O) groups is 2. The topological polar surface area (TPSA) is 67.9 Å². The highest BCUT2D eigenvalue weighted by molar-refractivity contribution is 5.99. The van der Waals surface area contributed by atoms with Crippen LogP contribution < -0.4 is 19.7 Å². The van der Waals surface area contributed by atoms with Gasteiger partial charge in [-0.1, -0.05) is 30.3 Å². The van der Waals surface area contributed by atoms with Crippen molar-refractivity contribution in [1.29, 1.82) is 0 Å². The van der Waals surface area contributed by atoms with Crippen molar-refractivity contribution in [3.8, 4) is 11.5 Å². The number of ether oxygens (including phenoxy) is 2. The Morgan fingerprint density at radius 1 is 1.12 bits per heavy atom. The molecule has 0 spiro atoms. The average Bonchev–Trinajstić information content (AvgIpc) is 2.77. The fourth-order valence-corrected chi connectivity index (χ4v) is 3.45. The summed E-state index contributed by atoms with van der Waals surface area (Å²) in [5.74, 6) is 0.129. The SMILES string of the molecule is Cc1ccc(C)c(OCC(=O)Nc2ccc3c(c2)N(Cc2ccccc2F)C(=O)CO3)c1. The summed E-state index contributed by atoms with van der Waals surface area (Å²) in [6, 6.07) is 17.1. The van der Waals surface area contributed by atoms with Crippen molar-refractivity contribution in [2.24, 2.45) is 0 Å².